The van der Waals surface area contributed by atoms with Crippen LogP contribution in [-0.4, -0.2) is 47.5 Å². The van der Waals surface area contributed by atoms with E-state index in [1.807, 2.05) is 18.2 Å². The van der Waals surface area contributed by atoms with Gasteiger partial charge in [0.2, 0.25) is 0 Å². The van der Waals surface area contributed by atoms with Gasteiger partial charge in [-0.3, -0.25) is 0 Å². The molecule has 3 aromatic carbocycles. The number of hydrogen-bond donors (Lipinski definition) is 2. The van der Waals surface area contributed by atoms with E-state index in [9.17, 15) is 0 Å². The van der Waals surface area contributed by atoms with Crippen molar-refractivity contribution < 1.29 is 14.2 Å². The highest BCUT2D eigenvalue weighted by Gasteiger charge is 2.15. The molecule has 0 amide bonds. The van der Waals surface area contributed by atoms with E-state index in [1.165, 1.54) is 41.5 Å². The Balaban J connectivity index is 0.00000380. The first-order chi connectivity index (χ1) is 18.2. The fourth-order valence-electron chi connectivity index (χ4n) is 4.66. The van der Waals surface area contributed by atoms with Gasteiger partial charge in [-0.1, -0.05) is 55.0 Å². The van der Waals surface area contributed by atoms with Gasteiger partial charge in [0.05, 0.1) is 21.3 Å². The first kappa shape index (κ1) is 34.6. The fraction of sp³-hybridized carbons (Fsp3) is 0.438. The van der Waals surface area contributed by atoms with Crippen LogP contribution in [0.3, 0.4) is 0 Å². The predicted octanol–water partition coefficient (Wildman–Crippen LogP) is 6.48. The van der Waals surface area contributed by atoms with Gasteiger partial charge in [0, 0.05) is 5.56 Å². The first-order valence-electron chi connectivity index (χ1n) is 13.6. The summed E-state index contributed by atoms with van der Waals surface area (Å²) in [5.74, 6) is 2.53. The average molecular weight is 578 g/mol. The molecule has 2 N–H and O–H groups in total. The van der Waals surface area contributed by atoms with Gasteiger partial charge in [-0.15, -0.1) is 24.8 Å². The third-order valence-corrected chi connectivity index (χ3v) is 6.75. The highest BCUT2D eigenvalue weighted by atomic mass is 35.5. The second-order valence-electron chi connectivity index (χ2n) is 9.34. The maximum Gasteiger partial charge on any atom is 0.164 e. The van der Waals surface area contributed by atoms with Crippen molar-refractivity contribution in [2.24, 2.45) is 0 Å². The largest absolute Gasteiger partial charge is 0.497 e. The molecule has 0 spiro atoms. The van der Waals surface area contributed by atoms with E-state index in [2.05, 4.69) is 59.2 Å². The summed E-state index contributed by atoms with van der Waals surface area (Å²) in [4.78, 5) is 0. The molecule has 3 aromatic rings. The van der Waals surface area contributed by atoms with Crippen LogP contribution in [0.25, 0.3) is 0 Å². The van der Waals surface area contributed by atoms with Crippen LogP contribution in [0.1, 0.15) is 41.5 Å². The van der Waals surface area contributed by atoms with E-state index in [1.54, 1.807) is 21.3 Å². The molecule has 0 bridgehead atoms. The Morgan fingerprint density at radius 1 is 0.564 bits per heavy atom. The molecule has 0 unspecified atom stereocenters. The van der Waals surface area contributed by atoms with Gasteiger partial charge in [-0.2, -0.15) is 0 Å². The molecule has 0 radical (unpaired) electrons. The van der Waals surface area contributed by atoms with Crippen molar-refractivity contribution in [2.45, 2.75) is 44.9 Å². The number of aryl methyl sites for hydroxylation is 1. The van der Waals surface area contributed by atoms with Crippen LogP contribution in [-0.2, 0) is 25.7 Å². The zero-order chi connectivity index (χ0) is 26.1. The SMILES string of the molecule is COc1cccc(CCc2c(CCNCCCCCNCCc3ccccc3)ccc(OC)c2OC)c1.Cl.Cl. The van der Waals surface area contributed by atoms with Gasteiger partial charge in [0.1, 0.15) is 5.75 Å². The molecule has 0 saturated carbocycles. The maximum absolute atomic E-state index is 5.79. The Morgan fingerprint density at radius 2 is 1.26 bits per heavy atom. The van der Waals surface area contributed by atoms with Gasteiger partial charge in [-0.05, 0) is 99.6 Å². The summed E-state index contributed by atoms with van der Waals surface area (Å²) in [5, 5.41) is 7.20. The lowest BCUT2D eigenvalue weighted by Crippen LogP contribution is -2.21. The third-order valence-electron chi connectivity index (χ3n) is 6.75. The minimum Gasteiger partial charge on any atom is -0.497 e. The minimum atomic E-state index is 0. The Bertz CT molecular complexity index is 1050. The third kappa shape index (κ3) is 12.1. The van der Waals surface area contributed by atoms with Crippen molar-refractivity contribution in [1.82, 2.24) is 10.6 Å². The van der Waals surface area contributed by atoms with Crippen LogP contribution in [0, 0.1) is 0 Å². The quantitative estimate of drug-likeness (QED) is 0.170. The van der Waals surface area contributed by atoms with Crippen molar-refractivity contribution in [1.29, 1.82) is 0 Å². The Labute approximate surface area is 247 Å². The first-order valence-corrected chi connectivity index (χ1v) is 13.6. The highest BCUT2D eigenvalue weighted by Crippen LogP contribution is 2.34. The second-order valence-corrected chi connectivity index (χ2v) is 9.34. The van der Waals surface area contributed by atoms with Gasteiger partial charge < -0.3 is 24.8 Å². The number of methoxy groups -OCH3 is 3. The van der Waals surface area contributed by atoms with E-state index in [4.69, 9.17) is 14.2 Å². The lowest BCUT2D eigenvalue weighted by atomic mass is 9.96. The molecule has 5 nitrogen and oxygen atoms in total. The maximum atomic E-state index is 5.79. The number of nitrogens with one attached hydrogen (secondary N) is 2. The zero-order valence-corrected chi connectivity index (χ0v) is 25.3. The highest BCUT2D eigenvalue weighted by molar-refractivity contribution is 5.85. The molecule has 0 atom stereocenters. The van der Waals surface area contributed by atoms with E-state index < -0.39 is 0 Å². The molecule has 0 aliphatic carbocycles. The molecule has 0 aliphatic rings. The molecule has 0 heterocycles. The molecular formula is C32H46Cl2N2O3. The molecule has 3 rings (SSSR count). The van der Waals surface area contributed by atoms with Crippen LogP contribution in [0.5, 0.6) is 17.2 Å². The van der Waals surface area contributed by atoms with Crippen LogP contribution < -0.4 is 24.8 Å². The van der Waals surface area contributed by atoms with Crippen molar-refractivity contribution in [3.05, 3.63) is 89.0 Å². The number of unbranched alkanes of at least 4 members (excludes halogenated alkanes) is 2. The predicted molar refractivity (Wildman–Crippen MR) is 168 cm³/mol. The average Bonchev–Trinajstić information content (AvgIpc) is 2.95. The summed E-state index contributed by atoms with van der Waals surface area (Å²) in [7, 11) is 5.13. The number of ether oxygens (including phenoxy) is 3. The van der Waals surface area contributed by atoms with Crippen molar-refractivity contribution >= 4 is 24.8 Å². The van der Waals surface area contributed by atoms with Gasteiger partial charge >= 0.3 is 0 Å². The van der Waals surface area contributed by atoms with Crippen LogP contribution in [0.4, 0.5) is 0 Å². The van der Waals surface area contributed by atoms with Crippen molar-refractivity contribution in [3.63, 3.8) is 0 Å². The van der Waals surface area contributed by atoms with Crippen LogP contribution in [0.2, 0.25) is 0 Å². The molecule has 216 valence electrons. The molecule has 39 heavy (non-hydrogen) atoms. The number of rotatable bonds is 18. The van der Waals surface area contributed by atoms with Crippen LogP contribution in [0.15, 0.2) is 66.7 Å². The zero-order valence-electron chi connectivity index (χ0n) is 23.7. The van der Waals surface area contributed by atoms with Gasteiger partial charge in [0.15, 0.2) is 11.5 Å². The number of halogens is 2. The summed E-state index contributed by atoms with van der Waals surface area (Å²) in [6.45, 7) is 4.15. The molecule has 7 heteroatoms. The Kier molecular flexibility index (Phi) is 18.1. The number of hydrogen-bond acceptors (Lipinski definition) is 5. The second kappa shape index (κ2) is 20.5. The molecule has 0 fully saturated rings. The number of benzene rings is 3. The van der Waals surface area contributed by atoms with Crippen molar-refractivity contribution in [2.75, 3.05) is 47.5 Å². The molecular weight excluding hydrogens is 531 g/mol. The normalized spacial score (nSPS) is 10.3. The van der Waals surface area contributed by atoms with Crippen molar-refractivity contribution in [3.8, 4) is 17.2 Å². The minimum absolute atomic E-state index is 0. The topological polar surface area (TPSA) is 51.8 Å². The van der Waals surface area contributed by atoms with Crippen LogP contribution >= 0.6 is 24.8 Å². The lowest BCUT2D eigenvalue weighted by Gasteiger charge is -2.17. The van der Waals surface area contributed by atoms with E-state index in [-0.39, 0.29) is 24.8 Å². The van der Waals surface area contributed by atoms with Gasteiger partial charge in [0.25, 0.3) is 0 Å². The fourth-order valence-corrected chi connectivity index (χ4v) is 4.66. The van der Waals surface area contributed by atoms with E-state index in [0.29, 0.717) is 0 Å². The lowest BCUT2D eigenvalue weighted by molar-refractivity contribution is 0.351. The smallest absolute Gasteiger partial charge is 0.164 e. The summed E-state index contributed by atoms with van der Waals surface area (Å²) in [6.07, 6.45) is 7.54. The monoisotopic (exact) mass is 576 g/mol. The molecule has 0 aromatic heterocycles. The standard InChI is InChI=1S/C32H44N2O3.2ClH/c1-35-29-14-10-13-27(25-29)15-17-30-28(16-18-31(36-2)32(30)37-3)20-24-34-22-9-5-8-21-33-23-19-26-11-6-4-7-12-26;;/h4,6-7,10-14,16,18,25,33-34H,5,8-9,15,17,19-24H2,1-3H3;2*1H. The summed E-state index contributed by atoms with van der Waals surface area (Å²) in [5.41, 5.74) is 5.20. The summed E-state index contributed by atoms with van der Waals surface area (Å²) < 4.78 is 16.8. The Hall–Kier alpha value is -2.44. The molecule has 0 saturated heterocycles. The summed E-state index contributed by atoms with van der Waals surface area (Å²) >= 11 is 0. The van der Waals surface area contributed by atoms with E-state index >= 15 is 0 Å². The Morgan fingerprint density at radius 3 is 1.92 bits per heavy atom. The van der Waals surface area contributed by atoms with Gasteiger partial charge in [-0.25, -0.2) is 0 Å². The molecule has 0 aliphatic heterocycles. The summed E-state index contributed by atoms with van der Waals surface area (Å²) in [6, 6.07) is 23.2. The van der Waals surface area contributed by atoms with E-state index in [0.717, 1.165) is 69.1 Å².